The lowest BCUT2D eigenvalue weighted by Gasteiger charge is -2.40. The number of aliphatic hydroxyl groups is 5. The molecule has 7 atom stereocenters. The highest BCUT2D eigenvalue weighted by Crippen LogP contribution is 2.23. The molecule has 1 aliphatic rings. The van der Waals surface area contributed by atoms with Crippen molar-refractivity contribution in [2.24, 2.45) is 0 Å². The predicted molar refractivity (Wildman–Crippen MR) is 281 cm³/mol. The Balaban J connectivity index is 2.25. The molecule has 0 bridgehead atoms. The first-order chi connectivity index (χ1) is 32.8. The van der Waals surface area contributed by atoms with Gasteiger partial charge in [-0.25, -0.2) is 0 Å². The van der Waals surface area contributed by atoms with Crippen molar-refractivity contribution >= 4 is 5.91 Å². The number of nitrogens with one attached hydrogen (secondary N) is 1. The van der Waals surface area contributed by atoms with Gasteiger partial charge < -0.3 is 40.3 Å². The van der Waals surface area contributed by atoms with Gasteiger partial charge in [-0.2, -0.15) is 0 Å². The summed E-state index contributed by atoms with van der Waals surface area (Å²) in [4.78, 5) is 13.0. The number of unbranched alkanes of at least 4 members (excludes halogenated alkanes) is 35. The lowest BCUT2D eigenvalue weighted by Crippen LogP contribution is -2.60. The molecule has 7 unspecified atom stereocenters. The largest absolute Gasteiger partial charge is 0.394 e. The number of aliphatic hydroxyl groups excluding tert-OH is 5. The van der Waals surface area contributed by atoms with Crippen molar-refractivity contribution in [2.75, 3.05) is 13.2 Å². The minimum atomic E-state index is -1.57. The smallest absolute Gasteiger partial charge is 0.220 e. The summed E-state index contributed by atoms with van der Waals surface area (Å²) in [6.45, 7) is 3.78. The van der Waals surface area contributed by atoms with Crippen LogP contribution >= 0.6 is 0 Å². The van der Waals surface area contributed by atoms with Crippen LogP contribution in [0.4, 0.5) is 0 Å². The van der Waals surface area contributed by atoms with Gasteiger partial charge in [-0.3, -0.25) is 4.79 Å². The van der Waals surface area contributed by atoms with Crippen molar-refractivity contribution in [2.45, 2.75) is 314 Å². The summed E-state index contributed by atoms with van der Waals surface area (Å²) in [5, 5.41) is 54.5. The second-order valence-corrected chi connectivity index (χ2v) is 20.1. The minimum Gasteiger partial charge on any atom is -0.394 e. The first kappa shape index (κ1) is 63.4. The van der Waals surface area contributed by atoms with Gasteiger partial charge in [-0.05, 0) is 57.8 Å². The number of carbonyl (C=O) groups is 1. The standard InChI is InChI=1S/C58H109NO8/c1-3-5-7-9-11-13-15-17-19-21-23-24-25-26-27-28-29-30-31-33-35-37-39-41-43-45-47-52(61)51(50-66-58-57(65)56(64)55(63)53(49-60)67-58)59-54(62)48-46-44-42-40-38-36-34-32-22-20-18-16-14-12-10-8-6-4-2/h20,22,37,39,45,47,51-53,55-58,60-61,63-65H,3-19,21,23-36,38,40-44,46,48-50H2,1-2H3,(H,59,62)/b22-20-,39-37+,47-45+. The summed E-state index contributed by atoms with van der Waals surface area (Å²) in [6.07, 6.45) is 55.0. The average Bonchev–Trinajstić information content (AvgIpc) is 3.33. The summed E-state index contributed by atoms with van der Waals surface area (Å²) in [5.41, 5.74) is 0. The number of allylic oxidation sites excluding steroid dienone is 5. The lowest BCUT2D eigenvalue weighted by atomic mass is 9.99. The number of carbonyl (C=O) groups excluding carboxylic acids is 1. The van der Waals surface area contributed by atoms with E-state index in [9.17, 15) is 30.3 Å². The molecule has 1 heterocycles. The zero-order chi connectivity index (χ0) is 48.7. The van der Waals surface area contributed by atoms with E-state index in [-0.39, 0.29) is 12.5 Å². The van der Waals surface area contributed by atoms with Crippen molar-refractivity contribution in [1.82, 2.24) is 5.32 Å². The molecule has 0 aromatic rings. The van der Waals surface area contributed by atoms with Gasteiger partial charge in [0.1, 0.15) is 24.4 Å². The second-order valence-electron chi connectivity index (χ2n) is 20.1. The molecule has 1 amide bonds. The fourth-order valence-electron chi connectivity index (χ4n) is 9.11. The molecule has 0 spiro atoms. The molecule has 394 valence electrons. The maximum absolute atomic E-state index is 13.0. The van der Waals surface area contributed by atoms with Crippen LogP contribution in [0, 0.1) is 0 Å². The van der Waals surface area contributed by atoms with Crippen LogP contribution in [-0.4, -0.2) is 87.5 Å². The fourth-order valence-corrected chi connectivity index (χ4v) is 9.11. The first-order valence-electron chi connectivity index (χ1n) is 28.7. The van der Waals surface area contributed by atoms with Gasteiger partial charge in [0.05, 0.1) is 25.4 Å². The van der Waals surface area contributed by atoms with Crippen LogP contribution in [0.2, 0.25) is 0 Å². The maximum atomic E-state index is 13.0. The lowest BCUT2D eigenvalue weighted by molar-refractivity contribution is -0.302. The number of rotatable bonds is 49. The molecule has 67 heavy (non-hydrogen) atoms. The predicted octanol–water partition coefficient (Wildman–Crippen LogP) is 14.0. The van der Waals surface area contributed by atoms with Crippen LogP contribution in [0.15, 0.2) is 36.5 Å². The Labute approximate surface area is 412 Å². The number of ether oxygens (including phenoxy) is 2. The SMILES string of the molecule is CCCCCCCCC/C=C\CCCCCCCCCC(=O)NC(COC1OC(CO)C(O)C(O)C1O)C(O)/C=C/CC/C=C/CCCCCCCCCCCCCCCCCCCCCC. The Morgan fingerprint density at radius 2 is 0.851 bits per heavy atom. The highest BCUT2D eigenvalue weighted by atomic mass is 16.7. The van der Waals surface area contributed by atoms with Crippen molar-refractivity contribution in [3.63, 3.8) is 0 Å². The van der Waals surface area contributed by atoms with Crippen molar-refractivity contribution in [3.8, 4) is 0 Å². The number of hydrogen-bond donors (Lipinski definition) is 6. The van der Waals surface area contributed by atoms with E-state index in [0.717, 1.165) is 51.4 Å². The Morgan fingerprint density at radius 3 is 1.25 bits per heavy atom. The highest BCUT2D eigenvalue weighted by molar-refractivity contribution is 5.76. The van der Waals surface area contributed by atoms with E-state index in [4.69, 9.17) is 9.47 Å². The molecular formula is C58H109NO8. The Hall–Kier alpha value is -1.59. The van der Waals surface area contributed by atoms with Crippen LogP contribution < -0.4 is 5.32 Å². The fraction of sp³-hybridized carbons (Fsp3) is 0.879. The maximum Gasteiger partial charge on any atom is 0.220 e. The normalized spacial score (nSPS) is 19.9. The van der Waals surface area contributed by atoms with Gasteiger partial charge >= 0.3 is 0 Å². The van der Waals surface area contributed by atoms with Crippen molar-refractivity contribution < 1.29 is 39.8 Å². The second kappa shape index (κ2) is 48.1. The quantitative estimate of drug-likeness (QED) is 0.0261. The van der Waals surface area contributed by atoms with E-state index in [0.29, 0.717) is 6.42 Å². The third-order valence-corrected chi connectivity index (χ3v) is 13.7. The Bertz CT molecular complexity index is 1150. The zero-order valence-corrected chi connectivity index (χ0v) is 43.7. The summed E-state index contributed by atoms with van der Waals surface area (Å²) >= 11 is 0. The van der Waals surface area contributed by atoms with Crippen molar-refractivity contribution in [3.05, 3.63) is 36.5 Å². The zero-order valence-electron chi connectivity index (χ0n) is 43.7. The average molecular weight is 949 g/mol. The summed E-state index contributed by atoms with van der Waals surface area (Å²) < 4.78 is 11.3. The molecule has 1 rings (SSSR count). The van der Waals surface area contributed by atoms with Gasteiger partial charge in [0, 0.05) is 6.42 Å². The van der Waals surface area contributed by atoms with E-state index in [1.165, 1.54) is 199 Å². The molecule has 0 aliphatic carbocycles. The minimum absolute atomic E-state index is 0.189. The van der Waals surface area contributed by atoms with Crippen LogP contribution in [-0.2, 0) is 14.3 Å². The van der Waals surface area contributed by atoms with Gasteiger partial charge in [0.15, 0.2) is 6.29 Å². The molecule has 0 aromatic carbocycles. The molecule has 1 aliphatic heterocycles. The van der Waals surface area contributed by atoms with E-state index in [1.54, 1.807) is 6.08 Å². The summed E-state index contributed by atoms with van der Waals surface area (Å²) in [5.74, 6) is -0.189. The van der Waals surface area contributed by atoms with Crippen molar-refractivity contribution in [1.29, 1.82) is 0 Å². The molecule has 0 aromatic heterocycles. The molecule has 9 nitrogen and oxygen atoms in total. The Kier molecular flexibility index (Phi) is 45.5. The molecule has 1 fully saturated rings. The van der Waals surface area contributed by atoms with Gasteiger partial charge in [-0.1, -0.05) is 243 Å². The Morgan fingerprint density at radius 1 is 0.493 bits per heavy atom. The third-order valence-electron chi connectivity index (χ3n) is 13.7. The molecular weight excluding hydrogens is 839 g/mol. The van der Waals surface area contributed by atoms with E-state index in [2.05, 4.69) is 43.5 Å². The van der Waals surface area contributed by atoms with E-state index >= 15 is 0 Å². The first-order valence-corrected chi connectivity index (χ1v) is 28.7. The van der Waals surface area contributed by atoms with Crippen LogP contribution in [0.5, 0.6) is 0 Å². The van der Waals surface area contributed by atoms with Crippen LogP contribution in [0.25, 0.3) is 0 Å². The van der Waals surface area contributed by atoms with Crippen LogP contribution in [0.3, 0.4) is 0 Å². The van der Waals surface area contributed by atoms with Crippen LogP contribution in [0.1, 0.15) is 271 Å². The third kappa shape index (κ3) is 37.9. The topological polar surface area (TPSA) is 149 Å². The summed E-state index contributed by atoms with van der Waals surface area (Å²) in [7, 11) is 0. The monoisotopic (exact) mass is 948 g/mol. The molecule has 9 heteroatoms. The number of amides is 1. The summed E-state index contributed by atoms with van der Waals surface area (Å²) in [6, 6.07) is -0.824. The molecule has 6 N–H and O–H groups in total. The molecule has 0 radical (unpaired) electrons. The van der Waals surface area contributed by atoms with Gasteiger partial charge in [0.2, 0.25) is 5.91 Å². The molecule has 1 saturated heterocycles. The van der Waals surface area contributed by atoms with E-state index < -0.39 is 49.5 Å². The molecule has 0 saturated carbocycles. The van der Waals surface area contributed by atoms with E-state index in [1.807, 2.05) is 6.08 Å². The highest BCUT2D eigenvalue weighted by Gasteiger charge is 2.44. The number of hydrogen-bond acceptors (Lipinski definition) is 8. The van der Waals surface area contributed by atoms with Gasteiger partial charge in [-0.15, -0.1) is 0 Å². The van der Waals surface area contributed by atoms with Gasteiger partial charge in [0.25, 0.3) is 0 Å².